The van der Waals surface area contributed by atoms with Crippen molar-refractivity contribution < 1.29 is 4.74 Å². The Hall–Kier alpha value is -1.35. The second kappa shape index (κ2) is 2.91. The van der Waals surface area contributed by atoms with E-state index in [1.165, 1.54) is 11.4 Å². The van der Waals surface area contributed by atoms with Crippen LogP contribution in [0.2, 0.25) is 0 Å². The Morgan fingerprint density at radius 3 is 2.53 bits per heavy atom. The average molecular weight is 230 g/mol. The van der Waals surface area contributed by atoms with Crippen LogP contribution < -0.4 is 0 Å². The van der Waals surface area contributed by atoms with Crippen molar-refractivity contribution in [2.24, 2.45) is 0 Å². The van der Waals surface area contributed by atoms with E-state index in [1.807, 2.05) is 6.07 Å². The van der Waals surface area contributed by atoms with Crippen LogP contribution in [0.1, 0.15) is 44.8 Å². The lowest BCUT2D eigenvalue weighted by atomic mass is 10.0. The molecule has 0 aliphatic carbocycles. The fourth-order valence-electron chi connectivity index (χ4n) is 2.96. The molecule has 17 heavy (non-hydrogen) atoms. The number of fused-ring (bicyclic) bond motifs is 3. The van der Waals surface area contributed by atoms with E-state index >= 15 is 0 Å². The molecule has 0 radical (unpaired) electrons. The van der Waals surface area contributed by atoms with Crippen LogP contribution in [0.15, 0.2) is 18.2 Å². The zero-order valence-electron chi connectivity index (χ0n) is 11.0. The van der Waals surface area contributed by atoms with E-state index in [1.54, 1.807) is 0 Å². The summed E-state index contributed by atoms with van der Waals surface area (Å²) >= 11 is 0. The molecule has 0 spiro atoms. The first kappa shape index (κ1) is 10.8. The van der Waals surface area contributed by atoms with Gasteiger partial charge < -0.3 is 4.74 Å². The van der Waals surface area contributed by atoms with Crippen molar-refractivity contribution in [3.63, 3.8) is 0 Å². The zero-order chi connectivity index (χ0) is 12.4. The van der Waals surface area contributed by atoms with Gasteiger partial charge in [-0.25, -0.2) is 4.98 Å². The molecule has 0 saturated heterocycles. The summed E-state index contributed by atoms with van der Waals surface area (Å²) in [4.78, 5) is 4.74. The van der Waals surface area contributed by atoms with Gasteiger partial charge in [0.2, 0.25) is 0 Å². The molecule has 0 unspecified atom stereocenters. The van der Waals surface area contributed by atoms with Gasteiger partial charge in [-0.15, -0.1) is 0 Å². The molecular formula is C14H18N2O. The summed E-state index contributed by atoms with van der Waals surface area (Å²) in [5, 5.41) is 0. The molecular weight excluding hydrogens is 212 g/mol. The van der Waals surface area contributed by atoms with E-state index in [0.29, 0.717) is 0 Å². The Morgan fingerprint density at radius 2 is 1.82 bits per heavy atom. The van der Waals surface area contributed by atoms with Crippen LogP contribution in [-0.4, -0.2) is 9.38 Å². The third-order valence-electron chi connectivity index (χ3n) is 3.49. The molecule has 3 heterocycles. The highest BCUT2D eigenvalue weighted by atomic mass is 16.5. The summed E-state index contributed by atoms with van der Waals surface area (Å²) < 4.78 is 8.34. The summed E-state index contributed by atoms with van der Waals surface area (Å²) in [6.45, 7) is 10.5. The van der Waals surface area contributed by atoms with Crippen LogP contribution in [0.25, 0.3) is 5.65 Å². The topological polar surface area (TPSA) is 26.5 Å². The molecule has 0 bridgehead atoms. The maximum atomic E-state index is 6.13. The number of nitrogens with zero attached hydrogens (tertiary/aromatic N) is 2. The summed E-state index contributed by atoms with van der Waals surface area (Å²) in [5.41, 5.74) is 3.87. The Kier molecular flexibility index (Phi) is 1.84. The first-order valence-corrected chi connectivity index (χ1v) is 6.02. The van der Waals surface area contributed by atoms with Crippen molar-refractivity contribution in [1.29, 1.82) is 0 Å². The van der Waals surface area contributed by atoms with E-state index in [4.69, 9.17) is 9.72 Å². The molecule has 0 aromatic carbocycles. The van der Waals surface area contributed by atoms with Crippen LogP contribution in [0.5, 0.6) is 0 Å². The minimum atomic E-state index is -0.308. The maximum absolute atomic E-state index is 6.13. The van der Waals surface area contributed by atoms with Crippen molar-refractivity contribution >= 4 is 5.65 Å². The SMILES string of the molecule is Cc1cccc2nc3c(n12)C(C)(C)OC3(C)C. The van der Waals surface area contributed by atoms with E-state index < -0.39 is 0 Å². The second-order valence-electron chi connectivity index (χ2n) is 5.79. The lowest BCUT2D eigenvalue weighted by molar-refractivity contribution is -0.108. The van der Waals surface area contributed by atoms with Gasteiger partial charge in [0.05, 0.1) is 11.4 Å². The summed E-state index contributed by atoms with van der Waals surface area (Å²) in [6.07, 6.45) is 0. The smallest absolute Gasteiger partial charge is 0.137 e. The number of ether oxygens (including phenoxy) is 1. The number of imidazole rings is 1. The summed E-state index contributed by atoms with van der Waals surface area (Å²) in [5.74, 6) is 0. The second-order valence-corrected chi connectivity index (χ2v) is 5.79. The van der Waals surface area contributed by atoms with Gasteiger partial charge >= 0.3 is 0 Å². The molecule has 2 aromatic heterocycles. The van der Waals surface area contributed by atoms with Crippen molar-refractivity contribution in [3.05, 3.63) is 35.3 Å². The third-order valence-corrected chi connectivity index (χ3v) is 3.49. The monoisotopic (exact) mass is 230 g/mol. The zero-order valence-corrected chi connectivity index (χ0v) is 11.0. The largest absolute Gasteiger partial charge is 0.357 e. The first-order chi connectivity index (χ1) is 7.83. The molecule has 1 aliphatic heterocycles. The number of aryl methyl sites for hydroxylation is 1. The van der Waals surface area contributed by atoms with Crippen molar-refractivity contribution in [2.45, 2.75) is 45.8 Å². The molecule has 3 rings (SSSR count). The minimum absolute atomic E-state index is 0.287. The van der Waals surface area contributed by atoms with Gasteiger partial charge in [-0.2, -0.15) is 0 Å². The number of pyridine rings is 1. The first-order valence-electron chi connectivity index (χ1n) is 6.02. The van der Waals surface area contributed by atoms with E-state index in [0.717, 1.165) is 11.3 Å². The molecule has 2 aromatic rings. The minimum Gasteiger partial charge on any atom is -0.357 e. The van der Waals surface area contributed by atoms with Gasteiger partial charge in [0.15, 0.2) is 0 Å². The average Bonchev–Trinajstić information content (AvgIpc) is 2.64. The van der Waals surface area contributed by atoms with Crippen LogP contribution in [0.4, 0.5) is 0 Å². The van der Waals surface area contributed by atoms with Crippen LogP contribution in [0.3, 0.4) is 0 Å². The normalized spacial score (nSPS) is 20.8. The summed E-state index contributed by atoms with van der Waals surface area (Å²) in [7, 11) is 0. The van der Waals surface area contributed by atoms with Gasteiger partial charge in [0.25, 0.3) is 0 Å². The molecule has 0 saturated carbocycles. The van der Waals surface area contributed by atoms with Crippen molar-refractivity contribution in [2.75, 3.05) is 0 Å². The van der Waals surface area contributed by atoms with Gasteiger partial charge in [-0.05, 0) is 46.8 Å². The van der Waals surface area contributed by atoms with Crippen LogP contribution in [0, 0.1) is 6.92 Å². The van der Waals surface area contributed by atoms with Gasteiger partial charge in [0, 0.05) is 5.69 Å². The molecule has 0 N–H and O–H groups in total. The molecule has 3 nitrogen and oxygen atoms in total. The third kappa shape index (κ3) is 1.29. The van der Waals surface area contributed by atoms with Crippen molar-refractivity contribution in [3.8, 4) is 0 Å². The maximum Gasteiger partial charge on any atom is 0.137 e. The fraction of sp³-hybridized carbons (Fsp3) is 0.500. The number of hydrogen-bond acceptors (Lipinski definition) is 2. The Bertz CT molecular complexity index is 608. The van der Waals surface area contributed by atoms with E-state index in [2.05, 4.69) is 51.2 Å². The van der Waals surface area contributed by atoms with Gasteiger partial charge in [-0.3, -0.25) is 4.40 Å². The van der Waals surface area contributed by atoms with E-state index in [-0.39, 0.29) is 11.2 Å². The fourth-order valence-corrected chi connectivity index (χ4v) is 2.96. The molecule has 0 fully saturated rings. The molecule has 0 atom stereocenters. The molecule has 1 aliphatic rings. The number of hydrogen-bond donors (Lipinski definition) is 0. The lowest BCUT2D eigenvalue weighted by Crippen LogP contribution is -2.24. The Morgan fingerprint density at radius 1 is 1.12 bits per heavy atom. The van der Waals surface area contributed by atoms with Crippen LogP contribution >= 0.6 is 0 Å². The molecule has 90 valence electrons. The Balaban J connectivity index is 2.47. The highest BCUT2D eigenvalue weighted by Crippen LogP contribution is 2.46. The van der Waals surface area contributed by atoms with Crippen LogP contribution in [-0.2, 0) is 15.9 Å². The van der Waals surface area contributed by atoms with E-state index in [9.17, 15) is 0 Å². The highest BCUT2D eigenvalue weighted by Gasteiger charge is 2.47. The quantitative estimate of drug-likeness (QED) is 0.695. The predicted molar refractivity (Wildman–Crippen MR) is 67.1 cm³/mol. The Labute approximate surface area is 101 Å². The van der Waals surface area contributed by atoms with Gasteiger partial charge in [-0.1, -0.05) is 6.07 Å². The lowest BCUT2D eigenvalue weighted by Gasteiger charge is -2.25. The highest BCUT2D eigenvalue weighted by molar-refractivity contribution is 5.49. The van der Waals surface area contributed by atoms with Gasteiger partial charge in [0.1, 0.15) is 16.8 Å². The number of aromatic nitrogens is 2. The molecule has 3 heteroatoms. The number of rotatable bonds is 0. The predicted octanol–water partition coefficient (Wildman–Crippen LogP) is 3.14. The van der Waals surface area contributed by atoms with Crippen molar-refractivity contribution in [1.82, 2.24) is 9.38 Å². The molecule has 0 amide bonds. The summed E-state index contributed by atoms with van der Waals surface area (Å²) in [6, 6.07) is 6.21. The standard InChI is InChI=1S/C14H18N2O/c1-9-7-6-8-10-15-11-12(16(9)10)14(4,5)17-13(11,2)3/h6-8H,1-5H3.